The van der Waals surface area contributed by atoms with Gasteiger partial charge in [0.1, 0.15) is 5.82 Å². The summed E-state index contributed by atoms with van der Waals surface area (Å²) >= 11 is 0. The first-order valence-corrected chi connectivity index (χ1v) is 6.79. The molecule has 1 unspecified atom stereocenters. The van der Waals surface area contributed by atoms with E-state index in [1.165, 1.54) is 42.5 Å². The summed E-state index contributed by atoms with van der Waals surface area (Å²) in [5, 5.41) is 0. The van der Waals surface area contributed by atoms with E-state index in [0.29, 0.717) is 9.79 Å². The maximum Gasteiger partial charge on any atom is 0.346 e. The van der Waals surface area contributed by atoms with Crippen molar-refractivity contribution in [2.45, 2.75) is 9.79 Å². The summed E-state index contributed by atoms with van der Waals surface area (Å²) in [5.41, 5.74) is 0.262. The van der Waals surface area contributed by atoms with Crippen LogP contribution in [0.4, 0.5) is 4.39 Å². The van der Waals surface area contributed by atoms with Gasteiger partial charge in [-0.3, -0.25) is 0 Å². The lowest BCUT2D eigenvalue weighted by Gasteiger charge is -2.03. The molecular formula is C14H7FO4S. The Balaban J connectivity index is 2.02. The van der Waals surface area contributed by atoms with Crippen LogP contribution in [-0.2, 0) is 15.5 Å². The smallest absolute Gasteiger partial charge is 0.346 e. The first-order valence-electron chi connectivity index (χ1n) is 5.64. The molecule has 0 fully saturated rings. The van der Waals surface area contributed by atoms with Crippen molar-refractivity contribution in [1.82, 2.24) is 0 Å². The quantitative estimate of drug-likeness (QED) is 0.629. The molecule has 0 N–H and O–H groups in total. The first kappa shape index (κ1) is 12.7. The fraction of sp³-hybridized carbons (Fsp3) is 0. The molecule has 6 heteroatoms. The average Bonchev–Trinajstić information content (AvgIpc) is 2.74. The number of cyclic esters (lactones) is 2. The number of carbonyl (C=O) groups excluding carboxylic acids is 2. The highest BCUT2D eigenvalue weighted by atomic mass is 32.2. The summed E-state index contributed by atoms with van der Waals surface area (Å²) in [5.74, 6) is -1.87. The summed E-state index contributed by atoms with van der Waals surface area (Å²) in [7, 11) is -1.56. The second kappa shape index (κ2) is 4.64. The molecule has 2 aromatic rings. The van der Waals surface area contributed by atoms with E-state index >= 15 is 0 Å². The zero-order valence-corrected chi connectivity index (χ0v) is 10.8. The van der Waals surface area contributed by atoms with Crippen LogP contribution >= 0.6 is 0 Å². The van der Waals surface area contributed by atoms with E-state index in [1.807, 2.05) is 0 Å². The lowest BCUT2D eigenvalue weighted by Crippen LogP contribution is -1.98. The van der Waals surface area contributed by atoms with Crippen LogP contribution in [0.2, 0.25) is 0 Å². The van der Waals surface area contributed by atoms with Crippen LogP contribution in [0.15, 0.2) is 52.3 Å². The number of carbonyl (C=O) groups is 2. The third kappa shape index (κ3) is 2.04. The largest absolute Gasteiger partial charge is 0.386 e. The summed E-state index contributed by atoms with van der Waals surface area (Å²) in [6, 6.07) is 9.47. The van der Waals surface area contributed by atoms with Crippen molar-refractivity contribution in [3.8, 4) is 0 Å². The molecule has 0 bridgehead atoms. The molecule has 0 radical (unpaired) electrons. The van der Waals surface area contributed by atoms with Crippen LogP contribution in [0.25, 0.3) is 0 Å². The second-order valence-electron chi connectivity index (χ2n) is 4.11. The molecule has 3 rings (SSSR count). The molecule has 1 aliphatic rings. The molecule has 0 aromatic heterocycles. The fourth-order valence-electron chi connectivity index (χ4n) is 1.87. The van der Waals surface area contributed by atoms with Gasteiger partial charge < -0.3 is 4.74 Å². The fourth-order valence-corrected chi connectivity index (χ4v) is 2.95. The molecule has 0 spiro atoms. The Hall–Kier alpha value is -2.34. The molecule has 4 nitrogen and oxygen atoms in total. The molecule has 100 valence electrons. The minimum Gasteiger partial charge on any atom is -0.386 e. The average molecular weight is 290 g/mol. The number of esters is 2. The Morgan fingerprint density at radius 3 is 2.15 bits per heavy atom. The second-order valence-corrected chi connectivity index (χ2v) is 5.59. The van der Waals surface area contributed by atoms with E-state index in [2.05, 4.69) is 4.74 Å². The Kier molecular flexibility index (Phi) is 2.94. The number of hydrogen-bond donors (Lipinski definition) is 0. The van der Waals surface area contributed by atoms with Crippen molar-refractivity contribution >= 4 is 22.7 Å². The highest BCUT2D eigenvalue weighted by Crippen LogP contribution is 2.25. The highest BCUT2D eigenvalue weighted by Gasteiger charge is 2.30. The van der Waals surface area contributed by atoms with Crippen LogP contribution in [0, 0.1) is 5.82 Å². The normalized spacial score (nSPS) is 14.8. The van der Waals surface area contributed by atoms with Crippen LogP contribution in [-0.4, -0.2) is 16.1 Å². The Morgan fingerprint density at radius 2 is 1.45 bits per heavy atom. The van der Waals surface area contributed by atoms with E-state index in [9.17, 15) is 18.2 Å². The van der Waals surface area contributed by atoms with Gasteiger partial charge in [0.2, 0.25) is 0 Å². The van der Waals surface area contributed by atoms with Gasteiger partial charge in [-0.05, 0) is 42.5 Å². The van der Waals surface area contributed by atoms with Gasteiger partial charge in [-0.1, -0.05) is 0 Å². The standard InChI is InChI=1S/C14H7FO4S/c15-8-1-3-9(4-2-8)20(18)10-5-6-11-12(7-10)14(17)19-13(11)16/h1-7H. The van der Waals surface area contributed by atoms with E-state index in [4.69, 9.17) is 0 Å². The Morgan fingerprint density at radius 1 is 0.850 bits per heavy atom. The summed E-state index contributed by atoms with van der Waals surface area (Å²) in [4.78, 5) is 23.5. The van der Waals surface area contributed by atoms with Crippen molar-refractivity contribution < 1.29 is 22.9 Å². The molecular weight excluding hydrogens is 283 g/mol. The van der Waals surface area contributed by atoms with Crippen molar-refractivity contribution in [3.63, 3.8) is 0 Å². The van der Waals surface area contributed by atoms with Crippen LogP contribution in [0.5, 0.6) is 0 Å². The molecule has 1 heterocycles. The zero-order valence-electron chi connectivity index (χ0n) is 9.96. The minimum atomic E-state index is -1.56. The molecule has 0 saturated heterocycles. The van der Waals surface area contributed by atoms with Gasteiger partial charge in [0, 0.05) is 9.79 Å². The number of ether oxygens (including phenoxy) is 1. The van der Waals surface area contributed by atoms with E-state index < -0.39 is 28.6 Å². The lowest BCUT2D eigenvalue weighted by molar-refractivity contribution is 0.0443. The number of fused-ring (bicyclic) bond motifs is 1. The number of hydrogen-bond acceptors (Lipinski definition) is 4. The Bertz CT molecular complexity index is 752. The molecule has 0 saturated carbocycles. The van der Waals surface area contributed by atoms with E-state index in [0.717, 1.165) is 0 Å². The van der Waals surface area contributed by atoms with Crippen LogP contribution in [0.1, 0.15) is 20.7 Å². The van der Waals surface area contributed by atoms with E-state index in [-0.39, 0.29) is 11.1 Å². The molecule has 0 aliphatic carbocycles. The van der Waals surface area contributed by atoms with Gasteiger partial charge in [-0.15, -0.1) is 0 Å². The van der Waals surface area contributed by atoms with E-state index in [1.54, 1.807) is 0 Å². The third-order valence-electron chi connectivity index (χ3n) is 2.86. The summed E-state index contributed by atoms with van der Waals surface area (Å²) in [6.07, 6.45) is 0. The van der Waals surface area contributed by atoms with Gasteiger partial charge in [-0.2, -0.15) is 0 Å². The highest BCUT2D eigenvalue weighted by molar-refractivity contribution is 7.85. The number of benzene rings is 2. The predicted octanol–water partition coefficient (Wildman–Crippen LogP) is 2.30. The summed E-state index contributed by atoms with van der Waals surface area (Å²) < 4.78 is 29.6. The minimum absolute atomic E-state index is 0.1000. The van der Waals surface area contributed by atoms with Crippen molar-refractivity contribution in [1.29, 1.82) is 0 Å². The maximum absolute atomic E-state index is 12.8. The van der Waals surface area contributed by atoms with Crippen LogP contribution in [0.3, 0.4) is 0 Å². The number of halogens is 1. The van der Waals surface area contributed by atoms with Gasteiger partial charge in [0.05, 0.1) is 21.9 Å². The van der Waals surface area contributed by atoms with Crippen molar-refractivity contribution in [2.75, 3.05) is 0 Å². The molecule has 20 heavy (non-hydrogen) atoms. The van der Waals surface area contributed by atoms with Gasteiger partial charge in [0.15, 0.2) is 0 Å². The summed E-state index contributed by atoms with van der Waals surface area (Å²) in [6.45, 7) is 0. The van der Waals surface area contributed by atoms with Crippen molar-refractivity contribution in [2.24, 2.45) is 0 Å². The van der Waals surface area contributed by atoms with Crippen molar-refractivity contribution in [3.05, 3.63) is 59.4 Å². The first-order chi connectivity index (χ1) is 9.56. The topological polar surface area (TPSA) is 60.4 Å². The predicted molar refractivity (Wildman–Crippen MR) is 67.3 cm³/mol. The van der Waals surface area contributed by atoms with Crippen LogP contribution < -0.4 is 0 Å². The molecule has 0 amide bonds. The zero-order chi connectivity index (χ0) is 14.3. The maximum atomic E-state index is 12.8. The monoisotopic (exact) mass is 290 g/mol. The van der Waals surface area contributed by atoms with Gasteiger partial charge in [0.25, 0.3) is 0 Å². The molecule has 1 aliphatic heterocycles. The third-order valence-corrected chi connectivity index (χ3v) is 4.24. The Labute approximate surface area is 115 Å². The number of rotatable bonds is 2. The molecule has 2 aromatic carbocycles. The lowest BCUT2D eigenvalue weighted by atomic mass is 10.1. The van der Waals surface area contributed by atoms with Gasteiger partial charge >= 0.3 is 11.9 Å². The molecule has 1 atom stereocenters. The van der Waals surface area contributed by atoms with Gasteiger partial charge in [-0.25, -0.2) is 18.2 Å². The SMILES string of the molecule is O=C1OC(=O)c2cc(S(=O)c3ccc(F)cc3)ccc21.